The molecule has 4 rings (SSSR count). The summed E-state index contributed by atoms with van der Waals surface area (Å²) in [6.45, 7) is 9.98. The minimum Gasteiger partial charge on any atom is -0.493 e. The number of carbonyl (C=O) groups excluding carboxylic acids is 1. The Morgan fingerprint density at radius 3 is 2.68 bits per heavy atom. The monoisotopic (exact) mass is 469 g/mol. The van der Waals surface area contributed by atoms with Gasteiger partial charge in [0, 0.05) is 25.3 Å². The number of rotatable bonds is 5. The minimum absolute atomic E-state index is 0.0100. The molecule has 11 nitrogen and oxygen atoms in total. The smallest absolute Gasteiger partial charge is 0.410 e. The number of amides is 1. The zero-order valence-electron chi connectivity index (χ0n) is 20.4. The quantitative estimate of drug-likeness (QED) is 0.580. The lowest BCUT2D eigenvalue weighted by atomic mass is 10.0. The molecule has 34 heavy (non-hydrogen) atoms. The molecule has 1 fully saturated rings. The van der Waals surface area contributed by atoms with Crippen LogP contribution < -0.4 is 10.1 Å². The van der Waals surface area contributed by atoms with E-state index in [0.717, 1.165) is 6.42 Å². The maximum atomic E-state index is 12.3. The molecule has 4 heterocycles. The minimum atomic E-state index is -1.20. The van der Waals surface area contributed by atoms with Gasteiger partial charge in [0.05, 0.1) is 30.8 Å². The van der Waals surface area contributed by atoms with Crippen LogP contribution in [0.5, 0.6) is 5.75 Å². The predicted octanol–water partition coefficient (Wildman–Crippen LogP) is 2.84. The molecule has 1 unspecified atom stereocenters. The van der Waals surface area contributed by atoms with Crippen molar-refractivity contribution in [1.29, 1.82) is 0 Å². The second-order valence-electron chi connectivity index (χ2n) is 9.87. The van der Waals surface area contributed by atoms with Crippen LogP contribution in [0.2, 0.25) is 0 Å². The molecule has 1 atom stereocenters. The number of ether oxygens (including phenoxy) is 2. The fourth-order valence-corrected chi connectivity index (χ4v) is 3.79. The van der Waals surface area contributed by atoms with Crippen LogP contribution in [0.3, 0.4) is 0 Å². The van der Waals surface area contributed by atoms with Gasteiger partial charge in [-0.2, -0.15) is 5.10 Å². The van der Waals surface area contributed by atoms with Gasteiger partial charge >= 0.3 is 6.09 Å². The lowest BCUT2D eigenvalue weighted by Crippen LogP contribution is -2.36. The molecule has 1 saturated heterocycles. The van der Waals surface area contributed by atoms with E-state index in [1.54, 1.807) is 47.9 Å². The first kappa shape index (κ1) is 23.7. The molecule has 11 heteroatoms. The summed E-state index contributed by atoms with van der Waals surface area (Å²) in [7, 11) is 1.53. The van der Waals surface area contributed by atoms with E-state index in [0.29, 0.717) is 47.4 Å². The van der Waals surface area contributed by atoms with Crippen molar-refractivity contribution in [3.63, 3.8) is 0 Å². The van der Waals surface area contributed by atoms with Gasteiger partial charge in [-0.25, -0.2) is 24.3 Å². The van der Waals surface area contributed by atoms with Crippen molar-refractivity contribution < 1.29 is 19.4 Å². The molecule has 0 spiro atoms. The fraction of sp³-hybridized carbons (Fsp3) is 0.522. The van der Waals surface area contributed by atoms with E-state index < -0.39 is 11.2 Å². The second-order valence-corrected chi connectivity index (χ2v) is 9.87. The highest BCUT2D eigenvalue weighted by molar-refractivity contribution is 5.75. The van der Waals surface area contributed by atoms with Crippen LogP contribution in [-0.2, 0) is 10.3 Å². The average molecular weight is 470 g/mol. The van der Waals surface area contributed by atoms with Gasteiger partial charge in [0.1, 0.15) is 16.9 Å². The Bertz CT molecular complexity index is 1200. The van der Waals surface area contributed by atoms with Crippen LogP contribution in [-0.4, -0.2) is 72.5 Å². The van der Waals surface area contributed by atoms with Gasteiger partial charge < -0.3 is 24.8 Å². The zero-order chi connectivity index (χ0) is 24.7. The van der Waals surface area contributed by atoms with Crippen molar-refractivity contribution >= 4 is 17.7 Å². The molecule has 0 saturated carbocycles. The van der Waals surface area contributed by atoms with Gasteiger partial charge in [-0.05, 0) is 47.1 Å². The lowest BCUT2D eigenvalue weighted by Gasteiger charge is -2.24. The van der Waals surface area contributed by atoms with Crippen molar-refractivity contribution in [2.75, 3.05) is 25.5 Å². The third kappa shape index (κ3) is 5.04. The number of nitrogens with zero attached hydrogens (tertiary/aromatic N) is 6. The number of aromatic nitrogens is 5. The van der Waals surface area contributed by atoms with E-state index in [4.69, 9.17) is 9.47 Å². The van der Waals surface area contributed by atoms with E-state index in [2.05, 4.69) is 25.4 Å². The fourth-order valence-electron chi connectivity index (χ4n) is 3.79. The van der Waals surface area contributed by atoms with Crippen molar-refractivity contribution in [1.82, 2.24) is 29.5 Å². The highest BCUT2D eigenvalue weighted by Crippen LogP contribution is 2.31. The van der Waals surface area contributed by atoms with Crippen LogP contribution in [0.15, 0.2) is 24.7 Å². The van der Waals surface area contributed by atoms with Gasteiger partial charge in [0.15, 0.2) is 11.4 Å². The van der Waals surface area contributed by atoms with Crippen molar-refractivity contribution in [3.8, 4) is 17.0 Å². The zero-order valence-corrected chi connectivity index (χ0v) is 20.4. The standard InChI is InChI=1S/C23H31N7O4/c1-22(2,3)34-21(31)29-10-8-14(12-29)26-20-24-9-7-16(27-20)15-11-25-30-13-17(33-6)18(23(4,5)32)28-19(15)30/h7,9,11,13-14,32H,8,10,12H2,1-6H3,(H,24,26,27). The summed E-state index contributed by atoms with van der Waals surface area (Å²) in [6, 6.07) is 1.79. The summed E-state index contributed by atoms with van der Waals surface area (Å²) in [5, 5.41) is 18.2. The predicted molar refractivity (Wildman–Crippen MR) is 126 cm³/mol. The van der Waals surface area contributed by atoms with E-state index in [9.17, 15) is 9.90 Å². The summed E-state index contributed by atoms with van der Waals surface area (Å²) < 4.78 is 12.4. The van der Waals surface area contributed by atoms with Crippen LogP contribution in [0.4, 0.5) is 10.7 Å². The second kappa shape index (κ2) is 8.71. The molecule has 2 N–H and O–H groups in total. The molecule has 0 radical (unpaired) electrons. The molecular weight excluding hydrogens is 438 g/mol. The number of nitrogens with one attached hydrogen (secondary N) is 1. The first-order valence-corrected chi connectivity index (χ1v) is 11.2. The molecule has 0 aromatic carbocycles. The van der Waals surface area contributed by atoms with E-state index in [1.807, 2.05) is 20.8 Å². The number of carbonyl (C=O) groups is 1. The molecule has 1 aliphatic rings. The van der Waals surface area contributed by atoms with Gasteiger partial charge in [-0.15, -0.1) is 0 Å². The number of likely N-dealkylation sites (tertiary alicyclic amines) is 1. The third-order valence-electron chi connectivity index (χ3n) is 5.36. The Morgan fingerprint density at radius 2 is 2.00 bits per heavy atom. The average Bonchev–Trinajstić information content (AvgIpc) is 3.38. The molecule has 0 aliphatic carbocycles. The van der Waals surface area contributed by atoms with Crippen LogP contribution in [0.1, 0.15) is 46.7 Å². The van der Waals surface area contributed by atoms with Crippen LogP contribution in [0, 0.1) is 0 Å². The Balaban J connectivity index is 1.55. The highest BCUT2D eigenvalue weighted by atomic mass is 16.6. The third-order valence-corrected chi connectivity index (χ3v) is 5.36. The number of hydrogen-bond acceptors (Lipinski definition) is 9. The molecule has 1 aliphatic heterocycles. The van der Waals surface area contributed by atoms with Crippen LogP contribution in [0.25, 0.3) is 16.9 Å². The highest BCUT2D eigenvalue weighted by Gasteiger charge is 2.30. The van der Waals surface area contributed by atoms with Gasteiger partial charge in [-0.3, -0.25) is 0 Å². The van der Waals surface area contributed by atoms with Crippen molar-refractivity contribution in [3.05, 3.63) is 30.4 Å². The molecular formula is C23H31N7O4. The van der Waals surface area contributed by atoms with Crippen molar-refractivity contribution in [2.24, 2.45) is 0 Å². The number of anilines is 1. The number of hydrogen-bond donors (Lipinski definition) is 2. The Kier molecular flexibility index (Phi) is 6.07. The molecule has 182 valence electrons. The summed E-state index contributed by atoms with van der Waals surface area (Å²) in [5.74, 6) is 0.889. The molecule has 0 bridgehead atoms. The largest absolute Gasteiger partial charge is 0.493 e. The maximum absolute atomic E-state index is 12.3. The van der Waals surface area contributed by atoms with Gasteiger partial charge in [0.25, 0.3) is 0 Å². The summed E-state index contributed by atoms with van der Waals surface area (Å²) in [4.78, 5) is 27.6. The van der Waals surface area contributed by atoms with E-state index in [1.165, 1.54) is 7.11 Å². The molecule has 1 amide bonds. The summed E-state index contributed by atoms with van der Waals surface area (Å²) >= 11 is 0. The molecule has 3 aromatic rings. The van der Waals surface area contributed by atoms with Crippen molar-refractivity contribution in [2.45, 2.75) is 58.3 Å². The summed E-state index contributed by atoms with van der Waals surface area (Å²) in [5.41, 5.74) is 0.547. The SMILES string of the molecule is COc1cn2ncc(-c3ccnc(NC4CCN(C(=O)OC(C)(C)C)C4)n3)c2nc1C(C)(C)O. The van der Waals surface area contributed by atoms with Crippen LogP contribution >= 0.6 is 0 Å². The number of methoxy groups -OCH3 is 1. The first-order chi connectivity index (χ1) is 15.9. The topological polar surface area (TPSA) is 127 Å². The lowest BCUT2D eigenvalue weighted by molar-refractivity contribution is 0.0293. The number of fused-ring (bicyclic) bond motifs is 1. The Morgan fingerprint density at radius 1 is 1.24 bits per heavy atom. The Hall–Kier alpha value is -3.47. The normalized spacial score (nSPS) is 16.7. The molecule has 3 aromatic heterocycles. The van der Waals surface area contributed by atoms with Gasteiger partial charge in [0.2, 0.25) is 5.95 Å². The first-order valence-electron chi connectivity index (χ1n) is 11.2. The van der Waals surface area contributed by atoms with E-state index >= 15 is 0 Å². The summed E-state index contributed by atoms with van der Waals surface area (Å²) in [6.07, 6.45) is 5.46. The van der Waals surface area contributed by atoms with E-state index in [-0.39, 0.29) is 12.1 Å². The van der Waals surface area contributed by atoms with Gasteiger partial charge in [-0.1, -0.05) is 0 Å². The Labute approximate surface area is 198 Å². The number of aliphatic hydroxyl groups is 1. The maximum Gasteiger partial charge on any atom is 0.410 e.